The Morgan fingerprint density at radius 2 is 2.00 bits per heavy atom. The number of nitrogens with one attached hydrogen (secondary N) is 1. The number of halogens is 1. The van der Waals surface area contributed by atoms with Gasteiger partial charge in [-0.3, -0.25) is 0 Å². The molecule has 0 saturated heterocycles. The average Bonchev–Trinajstić information content (AvgIpc) is 2.85. The molecule has 0 spiro atoms. The van der Waals surface area contributed by atoms with E-state index in [0.717, 1.165) is 10.0 Å². The predicted molar refractivity (Wildman–Crippen MR) is 90.0 cm³/mol. The van der Waals surface area contributed by atoms with Crippen molar-refractivity contribution in [1.82, 2.24) is 5.32 Å². The maximum Gasteiger partial charge on any atom is 0.408 e. The third kappa shape index (κ3) is 5.71. The molecule has 5 nitrogen and oxygen atoms in total. The summed E-state index contributed by atoms with van der Waals surface area (Å²) in [7, 11) is 0. The van der Waals surface area contributed by atoms with Gasteiger partial charge in [-0.05, 0) is 51.0 Å². The number of esters is 1. The van der Waals surface area contributed by atoms with Gasteiger partial charge in [0.05, 0.1) is 6.04 Å². The summed E-state index contributed by atoms with van der Waals surface area (Å²) in [6.45, 7) is 5.39. The summed E-state index contributed by atoms with van der Waals surface area (Å²) in [6.07, 6.45) is 2.52. The van der Waals surface area contributed by atoms with Crippen LogP contribution in [0.2, 0.25) is 0 Å². The molecule has 1 aromatic rings. The summed E-state index contributed by atoms with van der Waals surface area (Å²) in [5.74, 6) is -0.401. The van der Waals surface area contributed by atoms with Crippen molar-refractivity contribution in [3.05, 3.63) is 46.5 Å². The molecular formula is C17H20BrNO4. The topological polar surface area (TPSA) is 64.6 Å². The van der Waals surface area contributed by atoms with Crippen LogP contribution in [0, 0.1) is 0 Å². The first kappa shape index (κ1) is 17.5. The van der Waals surface area contributed by atoms with Crippen molar-refractivity contribution in [2.45, 2.75) is 44.9 Å². The van der Waals surface area contributed by atoms with E-state index in [0.29, 0.717) is 6.42 Å². The van der Waals surface area contributed by atoms with E-state index in [2.05, 4.69) is 21.2 Å². The summed E-state index contributed by atoms with van der Waals surface area (Å²) >= 11 is 3.39. The van der Waals surface area contributed by atoms with Crippen LogP contribution in [0.3, 0.4) is 0 Å². The van der Waals surface area contributed by atoms with Crippen molar-refractivity contribution in [1.29, 1.82) is 0 Å². The second kappa shape index (κ2) is 7.17. The lowest BCUT2D eigenvalue weighted by atomic mass is 10.0. The van der Waals surface area contributed by atoms with Crippen LogP contribution in [0.15, 0.2) is 40.9 Å². The third-order valence-corrected chi connectivity index (χ3v) is 3.67. The Labute approximate surface area is 144 Å². The van der Waals surface area contributed by atoms with E-state index < -0.39 is 29.8 Å². The zero-order valence-electron chi connectivity index (χ0n) is 13.3. The van der Waals surface area contributed by atoms with Gasteiger partial charge in [-0.2, -0.15) is 0 Å². The van der Waals surface area contributed by atoms with Crippen LogP contribution >= 0.6 is 15.9 Å². The van der Waals surface area contributed by atoms with Crippen LogP contribution in [0.4, 0.5) is 4.79 Å². The largest absolute Gasteiger partial charge is 0.453 e. The summed E-state index contributed by atoms with van der Waals surface area (Å²) in [6, 6.07) is 7.36. The van der Waals surface area contributed by atoms with Gasteiger partial charge >= 0.3 is 12.1 Å². The van der Waals surface area contributed by atoms with Crippen LogP contribution in [0.25, 0.3) is 0 Å². The Kier molecular flexibility index (Phi) is 5.46. The summed E-state index contributed by atoms with van der Waals surface area (Å²) < 4.78 is 11.5. The Balaban J connectivity index is 2.08. The Hall–Kier alpha value is -1.82. The van der Waals surface area contributed by atoms with Crippen molar-refractivity contribution in [2.75, 3.05) is 0 Å². The number of cyclic esters (lactones) is 1. The molecule has 0 aliphatic carbocycles. The molecule has 2 atom stereocenters. The first-order chi connectivity index (χ1) is 10.7. The van der Waals surface area contributed by atoms with Gasteiger partial charge in [0.1, 0.15) is 11.7 Å². The lowest BCUT2D eigenvalue weighted by Crippen LogP contribution is -2.46. The number of hydrogen-bond acceptors (Lipinski definition) is 4. The van der Waals surface area contributed by atoms with Gasteiger partial charge in [0.2, 0.25) is 0 Å². The Morgan fingerprint density at radius 3 is 2.52 bits per heavy atom. The van der Waals surface area contributed by atoms with Crippen LogP contribution in [-0.4, -0.2) is 29.8 Å². The summed E-state index contributed by atoms with van der Waals surface area (Å²) in [5.41, 5.74) is 0.430. The molecule has 1 amide bonds. The van der Waals surface area contributed by atoms with Gasteiger partial charge in [-0.1, -0.05) is 28.1 Å². The quantitative estimate of drug-likeness (QED) is 0.812. The van der Waals surface area contributed by atoms with Crippen LogP contribution < -0.4 is 5.32 Å². The molecule has 6 heteroatoms. The molecule has 0 saturated carbocycles. The van der Waals surface area contributed by atoms with Crippen LogP contribution in [0.5, 0.6) is 0 Å². The van der Waals surface area contributed by atoms with E-state index in [1.165, 1.54) is 6.08 Å². The molecule has 1 aliphatic heterocycles. The molecule has 2 rings (SSSR count). The van der Waals surface area contributed by atoms with Crippen molar-refractivity contribution < 1.29 is 19.1 Å². The molecule has 1 N–H and O–H groups in total. The van der Waals surface area contributed by atoms with E-state index in [9.17, 15) is 9.59 Å². The molecule has 23 heavy (non-hydrogen) atoms. The number of carbonyl (C=O) groups is 2. The molecule has 1 heterocycles. The first-order valence-electron chi connectivity index (χ1n) is 7.36. The lowest BCUT2D eigenvalue weighted by Gasteiger charge is -2.26. The van der Waals surface area contributed by atoms with Crippen LogP contribution in [0.1, 0.15) is 26.3 Å². The molecular weight excluding hydrogens is 362 g/mol. The molecule has 0 fully saturated rings. The monoisotopic (exact) mass is 381 g/mol. The standard InChI is InChI=1S/C17H20BrNO4/c1-17(2,3)23-16(21)19-13(14-8-9-15(20)22-14)10-11-4-6-12(18)7-5-11/h4-9,13-14H,10H2,1-3H3,(H,19,21)/t13-,14-/m0/s1. The summed E-state index contributed by atoms with van der Waals surface area (Å²) in [5, 5.41) is 2.80. The molecule has 0 aromatic heterocycles. The van der Waals surface area contributed by atoms with Gasteiger partial charge in [0.15, 0.2) is 0 Å². The molecule has 1 aliphatic rings. The molecule has 0 bridgehead atoms. The normalized spacial score (nSPS) is 18.4. The second-order valence-corrected chi connectivity index (χ2v) is 7.26. The summed E-state index contributed by atoms with van der Waals surface area (Å²) in [4.78, 5) is 23.4. The maximum atomic E-state index is 12.0. The SMILES string of the molecule is CC(C)(C)OC(=O)N[C@@H](Cc1ccc(Br)cc1)[C@@H]1C=CC(=O)O1. The zero-order valence-corrected chi connectivity index (χ0v) is 14.9. The van der Waals surface area contributed by atoms with Gasteiger partial charge < -0.3 is 14.8 Å². The molecule has 124 valence electrons. The number of benzene rings is 1. The smallest absolute Gasteiger partial charge is 0.408 e. The fraction of sp³-hybridized carbons (Fsp3) is 0.412. The van der Waals surface area contributed by atoms with Crippen molar-refractivity contribution >= 4 is 28.0 Å². The number of rotatable bonds is 4. The second-order valence-electron chi connectivity index (χ2n) is 6.34. The highest BCUT2D eigenvalue weighted by Crippen LogP contribution is 2.17. The van der Waals surface area contributed by atoms with E-state index >= 15 is 0 Å². The number of carbonyl (C=O) groups excluding carboxylic acids is 2. The van der Waals surface area contributed by atoms with Gasteiger partial charge in [0, 0.05) is 10.5 Å². The lowest BCUT2D eigenvalue weighted by molar-refractivity contribution is -0.139. The van der Waals surface area contributed by atoms with Gasteiger partial charge in [-0.15, -0.1) is 0 Å². The molecule has 0 radical (unpaired) electrons. The number of alkyl carbamates (subject to hydrolysis) is 1. The van der Waals surface area contributed by atoms with E-state index in [-0.39, 0.29) is 0 Å². The molecule has 1 aromatic carbocycles. The van der Waals surface area contributed by atoms with Gasteiger partial charge in [-0.25, -0.2) is 9.59 Å². The predicted octanol–water partition coefficient (Wildman–Crippen LogP) is 3.37. The fourth-order valence-electron chi connectivity index (χ4n) is 2.19. The third-order valence-electron chi connectivity index (χ3n) is 3.14. The highest BCUT2D eigenvalue weighted by Gasteiger charge is 2.29. The van der Waals surface area contributed by atoms with Crippen molar-refractivity contribution in [3.8, 4) is 0 Å². The van der Waals surface area contributed by atoms with Crippen LogP contribution in [-0.2, 0) is 20.7 Å². The highest BCUT2D eigenvalue weighted by atomic mass is 79.9. The fourth-order valence-corrected chi connectivity index (χ4v) is 2.45. The minimum atomic E-state index is -0.589. The minimum absolute atomic E-state index is 0.395. The molecule has 0 unspecified atom stereocenters. The zero-order chi connectivity index (χ0) is 17.0. The van der Waals surface area contributed by atoms with Crippen molar-refractivity contribution in [3.63, 3.8) is 0 Å². The number of ether oxygens (including phenoxy) is 2. The Bertz CT molecular complexity index is 604. The van der Waals surface area contributed by atoms with Crippen molar-refractivity contribution in [2.24, 2.45) is 0 Å². The maximum absolute atomic E-state index is 12.0. The number of amides is 1. The van der Waals surface area contributed by atoms with E-state index in [1.807, 2.05) is 24.3 Å². The number of hydrogen-bond donors (Lipinski definition) is 1. The van der Waals surface area contributed by atoms with Gasteiger partial charge in [0.25, 0.3) is 0 Å². The van der Waals surface area contributed by atoms with E-state index in [1.54, 1.807) is 26.8 Å². The minimum Gasteiger partial charge on any atom is -0.453 e. The van der Waals surface area contributed by atoms with E-state index in [4.69, 9.17) is 9.47 Å². The first-order valence-corrected chi connectivity index (χ1v) is 8.15. The highest BCUT2D eigenvalue weighted by molar-refractivity contribution is 9.10. The Morgan fingerprint density at radius 1 is 1.35 bits per heavy atom. The average molecular weight is 382 g/mol.